The number of nitrogens with zero attached hydrogens (tertiary/aromatic N) is 3. The highest BCUT2D eigenvalue weighted by atomic mass is 32.1. The Bertz CT molecular complexity index is 1440. The molecule has 0 saturated heterocycles. The first-order chi connectivity index (χ1) is 14.5. The summed E-state index contributed by atoms with van der Waals surface area (Å²) in [6, 6.07) is 15.4. The van der Waals surface area contributed by atoms with Gasteiger partial charge in [-0.2, -0.15) is 0 Å². The molecule has 0 atom stereocenters. The number of fused-ring (bicyclic) bond motifs is 1. The zero-order valence-corrected chi connectivity index (χ0v) is 17.4. The fraction of sp³-hybridized carbons (Fsp3) is 0.0476. The summed E-state index contributed by atoms with van der Waals surface area (Å²) in [6.45, 7) is 1.97. The minimum absolute atomic E-state index is 0.0102. The van der Waals surface area contributed by atoms with Gasteiger partial charge in [0.25, 0.3) is 5.91 Å². The van der Waals surface area contributed by atoms with Crippen LogP contribution in [0.1, 0.15) is 16.1 Å². The number of rotatable bonds is 4. The van der Waals surface area contributed by atoms with Crippen molar-refractivity contribution in [2.24, 2.45) is 5.73 Å². The van der Waals surface area contributed by atoms with Crippen LogP contribution in [-0.4, -0.2) is 25.4 Å². The van der Waals surface area contributed by atoms with Crippen molar-refractivity contribution in [3.63, 3.8) is 0 Å². The second-order valence-corrected chi connectivity index (χ2v) is 8.73. The molecule has 5 rings (SSSR count). The second kappa shape index (κ2) is 7.05. The number of hydrogen-bond donors (Lipinski definition) is 2. The minimum atomic E-state index is -0.726. The Kier molecular flexibility index (Phi) is 4.34. The Morgan fingerprint density at radius 1 is 1.03 bits per heavy atom. The first-order valence-electron chi connectivity index (χ1n) is 9.05. The van der Waals surface area contributed by atoms with Crippen molar-refractivity contribution in [2.45, 2.75) is 6.92 Å². The molecule has 1 aromatic carbocycles. The molecule has 0 bridgehead atoms. The fourth-order valence-corrected chi connectivity index (χ4v) is 4.99. The number of H-pyrrole nitrogens is 1. The number of benzene rings is 1. The molecule has 30 heavy (non-hydrogen) atoms. The Morgan fingerprint density at radius 3 is 2.50 bits per heavy atom. The third-order valence-corrected chi connectivity index (χ3v) is 6.80. The summed E-state index contributed by atoms with van der Waals surface area (Å²) >= 11 is 3.16. The molecular weight excluding hydrogens is 418 g/mol. The third-order valence-electron chi connectivity index (χ3n) is 4.65. The number of imidazole rings is 1. The maximum atomic E-state index is 12.7. The van der Waals surface area contributed by atoms with Crippen LogP contribution in [0.4, 0.5) is 0 Å². The van der Waals surface area contributed by atoms with E-state index < -0.39 is 11.6 Å². The maximum Gasteiger partial charge on any atom is 0.332 e. The summed E-state index contributed by atoms with van der Waals surface area (Å²) < 4.78 is 1.43. The lowest BCUT2D eigenvalue weighted by Crippen LogP contribution is -2.15. The number of nitrogens with two attached hydrogens (primary N) is 1. The van der Waals surface area contributed by atoms with Crippen LogP contribution in [0.25, 0.3) is 37.3 Å². The van der Waals surface area contributed by atoms with Gasteiger partial charge in [-0.1, -0.05) is 23.8 Å². The quantitative estimate of drug-likeness (QED) is 0.447. The molecule has 0 aliphatic heterocycles. The highest BCUT2D eigenvalue weighted by Gasteiger charge is 2.21. The Morgan fingerprint density at radius 2 is 1.80 bits per heavy atom. The van der Waals surface area contributed by atoms with Gasteiger partial charge in [-0.15, -0.1) is 22.7 Å². The molecule has 5 aromatic rings. The zero-order chi connectivity index (χ0) is 20.8. The minimum Gasteiger partial charge on any atom is -0.364 e. The molecule has 4 aromatic heterocycles. The summed E-state index contributed by atoms with van der Waals surface area (Å²) in [5.41, 5.74) is 7.40. The van der Waals surface area contributed by atoms with Crippen LogP contribution in [0.15, 0.2) is 58.7 Å². The average Bonchev–Trinajstić information content (AvgIpc) is 3.47. The van der Waals surface area contributed by atoms with Crippen molar-refractivity contribution in [2.75, 3.05) is 0 Å². The van der Waals surface area contributed by atoms with E-state index in [-0.39, 0.29) is 11.2 Å². The van der Waals surface area contributed by atoms with Gasteiger partial charge in [-0.25, -0.2) is 19.3 Å². The van der Waals surface area contributed by atoms with Gasteiger partial charge in [0, 0.05) is 9.75 Å². The summed E-state index contributed by atoms with van der Waals surface area (Å²) in [5, 5.41) is 2.02. The van der Waals surface area contributed by atoms with Gasteiger partial charge in [0.05, 0.1) is 10.6 Å². The monoisotopic (exact) mass is 433 g/mol. The number of aromatic amines is 1. The first-order valence-corrected chi connectivity index (χ1v) is 10.7. The highest BCUT2D eigenvalue weighted by molar-refractivity contribution is 7.23. The summed E-state index contributed by atoms with van der Waals surface area (Å²) in [6.07, 6.45) is 0. The molecule has 0 unspecified atom stereocenters. The molecule has 0 spiro atoms. The number of carbonyl (C=O) groups is 1. The number of aromatic nitrogens is 4. The second-order valence-electron chi connectivity index (χ2n) is 6.70. The van der Waals surface area contributed by atoms with Crippen LogP contribution in [0.3, 0.4) is 0 Å². The molecular formula is C21H15N5O2S2. The Hall–Kier alpha value is -3.56. The number of thiophene rings is 2. The molecule has 148 valence electrons. The van der Waals surface area contributed by atoms with E-state index in [2.05, 4.69) is 15.0 Å². The van der Waals surface area contributed by atoms with E-state index in [1.54, 1.807) is 11.3 Å². The predicted octanol–water partition coefficient (Wildman–Crippen LogP) is 3.97. The molecule has 1 amide bonds. The molecule has 7 nitrogen and oxygen atoms in total. The molecule has 3 N–H and O–H groups in total. The number of carbonyl (C=O) groups excluding carboxylic acids is 1. The normalized spacial score (nSPS) is 11.2. The number of aryl methyl sites for hydroxylation is 1. The van der Waals surface area contributed by atoms with E-state index in [0.717, 1.165) is 20.2 Å². The van der Waals surface area contributed by atoms with Crippen molar-refractivity contribution in [1.82, 2.24) is 19.5 Å². The van der Waals surface area contributed by atoms with E-state index in [0.29, 0.717) is 17.2 Å². The van der Waals surface area contributed by atoms with Gasteiger partial charge in [0.1, 0.15) is 5.52 Å². The van der Waals surface area contributed by atoms with E-state index in [1.807, 2.05) is 60.8 Å². The summed E-state index contributed by atoms with van der Waals surface area (Å²) in [4.78, 5) is 39.5. The van der Waals surface area contributed by atoms with Crippen LogP contribution in [-0.2, 0) is 0 Å². The number of nitrogens with one attached hydrogen (secondary N) is 1. The van der Waals surface area contributed by atoms with Crippen LogP contribution in [0.2, 0.25) is 0 Å². The maximum absolute atomic E-state index is 12.7. The fourth-order valence-electron chi connectivity index (χ4n) is 3.22. The standard InChI is InChI=1S/C21H15N5O2S2/c1-11-4-6-12(7-5-11)26-20-17(24-21(26)28)16(18(22)27)23-19(25-20)15-9-8-14(30-15)13-3-2-10-29-13/h2-10H,1H3,(H2,22,27)(H,24,28). The van der Waals surface area contributed by atoms with Crippen molar-refractivity contribution in [3.05, 3.63) is 75.7 Å². The molecule has 4 heterocycles. The zero-order valence-electron chi connectivity index (χ0n) is 15.7. The van der Waals surface area contributed by atoms with Gasteiger partial charge in [-0.05, 0) is 42.6 Å². The largest absolute Gasteiger partial charge is 0.364 e. The van der Waals surface area contributed by atoms with Gasteiger partial charge in [-0.3, -0.25) is 4.79 Å². The van der Waals surface area contributed by atoms with E-state index in [1.165, 1.54) is 15.9 Å². The number of primary amides is 1. The van der Waals surface area contributed by atoms with E-state index in [9.17, 15) is 9.59 Å². The lowest BCUT2D eigenvalue weighted by atomic mass is 10.2. The third kappa shape index (κ3) is 3.04. The van der Waals surface area contributed by atoms with Crippen molar-refractivity contribution < 1.29 is 4.79 Å². The van der Waals surface area contributed by atoms with Crippen LogP contribution in [0, 0.1) is 6.92 Å². The molecule has 0 aliphatic rings. The van der Waals surface area contributed by atoms with Crippen molar-refractivity contribution in [1.29, 1.82) is 0 Å². The van der Waals surface area contributed by atoms with Crippen LogP contribution in [0.5, 0.6) is 0 Å². The van der Waals surface area contributed by atoms with Gasteiger partial charge in [0.15, 0.2) is 17.2 Å². The highest BCUT2D eigenvalue weighted by Crippen LogP contribution is 2.35. The van der Waals surface area contributed by atoms with Gasteiger partial charge < -0.3 is 10.7 Å². The lowest BCUT2D eigenvalue weighted by Gasteiger charge is -2.06. The predicted molar refractivity (Wildman–Crippen MR) is 119 cm³/mol. The molecule has 0 fully saturated rings. The Labute approximate surface area is 178 Å². The molecule has 0 radical (unpaired) electrons. The molecule has 0 saturated carbocycles. The Balaban J connectivity index is 1.74. The van der Waals surface area contributed by atoms with Crippen LogP contribution >= 0.6 is 22.7 Å². The number of hydrogen-bond acceptors (Lipinski definition) is 6. The summed E-state index contributed by atoms with van der Waals surface area (Å²) in [5.74, 6) is -0.375. The van der Waals surface area contributed by atoms with Crippen molar-refractivity contribution in [3.8, 4) is 26.1 Å². The first kappa shape index (κ1) is 18.5. The molecule has 9 heteroatoms. The van der Waals surface area contributed by atoms with Gasteiger partial charge in [0.2, 0.25) is 0 Å². The average molecular weight is 434 g/mol. The van der Waals surface area contributed by atoms with Crippen LogP contribution < -0.4 is 11.4 Å². The smallest absolute Gasteiger partial charge is 0.332 e. The number of amides is 1. The summed E-state index contributed by atoms with van der Waals surface area (Å²) in [7, 11) is 0. The SMILES string of the molecule is Cc1ccc(-n2c(=O)[nH]c3c(C(N)=O)nc(-c4ccc(-c5cccs5)s4)nc32)cc1. The van der Waals surface area contributed by atoms with E-state index >= 15 is 0 Å². The molecule has 0 aliphatic carbocycles. The van der Waals surface area contributed by atoms with Gasteiger partial charge >= 0.3 is 5.69 Å². The van der Waals surface area contributed by atoms with Crippen molar-refractivity contribution >= 4 is 39.7 Å². The topological polar surface area (TPSA) is 107 Å². The van der Waals surface area contributed by atoms with E-state index in [4.69, 9.17) is 5.73 Å². The lowest BCUT2D eigenvalue weighted by molar-refractivity contribution is 0.0997.